The second kappa shape index (κ2) is 7.13. The van der Waals surface area contributed by atoms with Crippen LogP contribution in [0.15, 0.2) is 84.9 Å². The highest BCUT2D eigenvalue weighted by atomic mass is 31.2. The molecule has 4 rings (SSSR count). The molecule has 3 heteroatoms. The summed E-state index contributed by atoms with van der Waals surface area (Å²) < 4.78 is 14.7. The average molecular weight is 371 g/mol. The molecule has 0 spiro atoms. The van der Waals surface area contributed by atoms with Crippen molar-refractivity contribution in [3.63, 3.8) is 0 Å². The van der Waals surface area contributed by atoms with Gasteiger partial charge in [-0.1, -0.05) is 79.2 Å². The molecule has 0 radical (unpaired) electrons. The lowest BCUT2D eigenvalue weighted by atomic mass is 10.1. The molecule has 0 saturated carbocycles. The first kappa shape index (κ1) is 17.7. The van der Waals surface area contributed by atoms with Gasteiger partial charge in [-0.2, -0.15) is 0 Å². The minimum Gasteiger partial charge on any atom is -0.309 e. The summed E-state index contributed by atoms with van der Waals surface area (Å²) in [4.78, 5) is 4.88. The Bertz CT molecular complexity index is 1090. The molecule has 3 aromatic carbocycles. The van der Waals surface area contributed by atoms with Gasteiger partial charge >= 0.3 is 0 Å². The number of rotatable bonds is 4. The molecule has 0 fully saturated rings. The van der Waals surface area contributed by atoms with Crippen molar-refractivity contribution in [1.82, 2.24) is 4.98 Å². The van der Waals surface area contributed by atoms with Gasteiger partial charge in [-0.15, -0.1) is 0 Å². The second-order valence-electron chi connectivity index (χ2n) is 6.78. The molecule has 0 saturated heterocycles. The van der Waals surface area contributed by atoms with E-state index in [2.05, 4.69) is 32.0 Å². The van der Waals surface area contributed by atoms with Crippen LogP contribution in [0.25, 0.3) is 10.9 Å². The fourth-order valence-electron chi connectivity index (χ4n) is 3.56. The zero-order chi connectivity index (χ0) is 18.9. The van der Waals surface area contributed by atoms with Gasteiger partial charge in [0.1, 0.15) is 0 Å². The Morgan fingerprint density at radius 3 is 1.96 bits per heavy atom. The third-order valence-electron chi connectivity index (χ3n) is 4.94. The van der Waals surface area contributed by atoms with Gasteiger partial charge in [0.25, 0.3) is 0 Å². The molecule has 27 heavy (non-hydrogen) atoms. The smallest absolute Gasteiger partial charge is 0.172 e. The number of aromatic nitrogens is 1. The highest BCUT2D eigenvalue weighted by molar-refractivity contribution is 7.85. The van der Waals surface area contributed by atoms with Crippen molar-refractivity contribution in [3.8, 4) is 0 Å². The van der Waals surface area contributed by atoms with Crippen molar-refractivity contribution in [2.75, 3.05) is 0 Å². The maximum Gasteiger partial charge on any atom is 0.172 e. The quantitative estimate of drug-likeness (QED) is 0.485. The topological polar surface area (TPSA) is 30.0 Å². The van der Waals surface area contributed by atoms with Crippen LogP contribution in [0.2, 0.25) is 0 Å². The Morgan fingerprint density at radius 2 is 1.41 bits per heavy atom. The fraction of sp³-hybridized carbons (Fsp3) is 0.125. The number of hydrogen-bond donors (Lipinski definition) is 0. The minimum absolute atomic E-state index is 0.739. The van der Waals surface area contributed by atoms with Crippen LogP contribution in [0, 0.1) is 6.92 Å². The Morgan fingerprint density at radius 1 is 0.815 bits per heavy atom. The molecule has 1 heterocycles. The van der Waals surface area contributed by atoms with Gasteiger partial charge in [0.05, 0.1) is 11.2 Å². The van der Waals surface area contributed by atoms with Crippen molar-refractivity contribution >= 4 is 34.0 Å². The molecule has 1 aromatic heterocycles. The third kappa shape index (κ3) is 3.11. The van der Waals surface area contributed by atoms with Gasteiger partial charge in [-0.05, 0) is 31.5 Å². The summed E-state index contributed by atoms with van der Waals surface area (Å²) in [5.41, 5.74) is 3.03. The van der Waals surface area contributed by atoms with Gasteiger partial charge in [-0.3, -0.25) is 4.98 Å². The van der Waals surface area contributed by atoms with Gasteiger partial charge in [0.15, 0.2) is 7.14 Å². The summed E-state index contributed by atoms with van der Waals surface area (Å²) in [7, 11) is -3.01. The van der Waals surface area contributed by atoms with Crippen molar-refractivity contribution in [2.24, 2.45) is 0 Å². The summed E-state index contributed by atoms with van der Waals surface area (Å²) in [5, 5.41) is 3.58. The lowest BCUT2D eigenvalue weighted by Crippen LogP contribution is -2.28. The molecular weight excluding hydrogens is 349 g/mol. The summed E-state index contributed by atoms with van der Waals surface area (Å²) in [6, 6.07) is 27.9. The molecule has 4 aromatic rings. The Hall–Kier alpha value is -2.70. The van der Waals surface area contributed by atoms with Crippen molar-refractivity contribution in [2.45, 2.75) is 20.3 Å². The molecule has 0 amide bonds. The molecule has 134 valence electrons. The highest BCUT2D eigenvalue weighted by Gasteiger charge is 2.32. The molecule has 0 aliphatic heterocycles. The lowest BCUT2D eigenvalue weighted by Gasteiger charge is -2.22. The van der Waals surface area contributed by atoms with Crippen molar-refractivity contribution < 1.29 is 4.57 Å². The predicted molar refractivity (Wildman–Crippen MR) is 115 cm³/mol. The van der Waals surface area contributed by atoms with E-state index in [0.29, 0.717) is 0 Å². The summed E-state index contributed by atoms with van der Waals surface area (Å²) in [6.07, 6.45) is 0.739. The number of aryl methyl sites for hydroxylation is 2. The van der Waals surface area contributed by atoms with Gasteiger partial charge in [0, 0.05) is 21.3 Å². The molecule has 2 nitrogen and oxygen atoms in total. The SMILES string of the molecule is CCc1nc2ccc(C)cc2cc1P(=O)(c1ccccc1)c1ccccc1. The van der Waals surface area contributed by atoms with Crippen molar-refractivity contribution in [1.29, 1.82) is 0 Å². The van der Waals surface area contributed by atoms with Gasteiger partial charge in [0.2, 0.25) is 0 Å². The highest BCUT2D eigenvalue weighted by Crippen LogP contribution is 2.43. The van der Waals surface area contributed by atoms with E-state index in [1.54, 1.807) is 0 Å². The number of nitrogens with zero attached hydrogens (tertiary/aromatic N) is 1. The first-order valence-corrected chi connectivity index (χ1v) is 11.0. The fourth-order valence-corrected chi connectivity index (χ4v) is 6.49. The Kier molecular flexibility index (Phi) is 4.68. The largest absolute Gasteiger partial charge is 0.309 e. The first-order chi connectivity index (χ1) is 13.1. The maximum absolute atomic E-state index is 14.7. The van der Waals surface area contributed by atoms with E-state index in [1.165, 1.54) is 5.56 Å². The van der Waals surface area contributed by atoms with E-state index >= 15 is 0 Å². The summed E-state index contributed by atoms with van der Waals surface area (Å²) >= 11 is 0. The van der Waals surface area contributed by atoms with Crippen LogP contribution < -0.4 is 15.9 Å². The van der Waals surface area contributed by atoms with E-state index in [0.717, 1.165) is 38.9 Å². The number of fused-ring (bicyclic) bond motifs is 1. The molecule has 0 atom stereocenters. The maximum atomic E-state index is 14.7. The predicted octanol–water partition coefficient (Wildman–Crippen LogP) is 4.75. The molecule has 0 aliphatic carbocycles. The number of pyridine rings is 1. The number of benzene rings is 3. The molecule has 0 bridgehead atoms. The summed E-state index contributed by atoms with van der Waals surface area (Å²) in [5.74, 6) is 0. The average Bonchev–Trinajstić information content (AvgIpc) is 2.73. The van der Waals surface area contributed by atoms with Gasteiger partial charge in [-0.25, -0.2) is 0 Å². The van der Waals surface area contributed by atoms with Crippen LogP contribution in [-0.2, 0) is 11.0 Å². The first-order valence-electron chi connectivity index (χ1n) is 9.25. The number of hydrogen-bond acceptors (Lipinski definition) is 2. The van der Waals surface area contributed by atoms with Crippen LogP contribution in [-0.4, -0.2) is 4.98 Å². The standard InChI is InChI=1S/C24H22NOP/c1-3-22-24(17-19-16-18(2)14-15-23(19)25-22)27(26,20-10-6-4-7-11-20)21-12-8-5-9-13-21/h4-17H,3H2,1-2H3. The van der Waals surface area contributed by atoms with Crippen LogP contribution in [0.1, 0.15) is 18.2 Å². The molecule has 0 unspecified atom stereocenters. The normalized spacial score (nSPS) is 11.6. The van der Waals surface area contributed by atoms with Crippen LogP contribution in [0.4, 0.5) is 0 Å². The van der Waals surface area contributed by atoms with Crippen LogP contribution in [0.5, 0.6) is 0 Å². The van der Waals surface area contributed by atoms with E-state index in [9.17, 15) is 4.57 Å². The summed E-state index contributed by atoms with van der Waals surface area (Å²) in [6.45, 7) is 4.15. The van der Waals surface area contributed by atoms with Crippen LogP contribution in [0.3, 0.4) is 0 Å². The van der Waals surface area contributed by atoms with Gasteiger partial charge < -0.3 is 4.57 Å². The molecule has 0 N–H and O–H groups in total. The minimum atomic E-state index is -3.01. The zero-order valence-corrected chi connectivity index (χ0v) is 16.5. The second-order valence-corrected chi connectivity index (χ2v) is 9.52. The van der Waals surface area contributed by atoms with E-state index in [-0.39, 0.29) is 0 Å². The molecule has 0 aliphatic rings. The molecular formula is C24H22NOP. The van der Waals surface area contributed by atoms with E-state index in [4.69, 9.17) is 4.98 Å². The Labute approximate surface area is 160 Å². The van der Waals surface area contributed by atoms with E-state index < -0.39 is 7.14 Å². The monoisotopic (exact) mass is 371 g/mol. The van der Waals surface area contributed by atoms with Crippen LogP contribution >= 0.6 is 7.14 Å². The van der Waals surface area contributed by atoms with E-state index in [1.807, 2.05) is 66.7 Å². The zero-order valence-electron chi connectivity index (χ0n) is 15.6. The lowest BCUT2D eigenvalue weighted by molar-refractivity contribution is 0.592. The third-order valence-corrected chi connectivity index (χ3v) is 8.06. The Balaban J connectivity index is 2.08. The van der Waals surface area contributed by atoms with Crippen molar-refractivity contribution in [3.05, 3.63) is 96.2 Å².